The summed E-state index contributed by atoms with van der Waals surface area (Å²) in [5.74, 6) is 0.460. The molecule has 0 saturated heterocycles. The van der Waals surface area contributed by atoms with E-state index in [1.807, 2.05) is 30.3 Å². The van der Waals surface area contributed by atoms with E-state index in [9.17, 15) is 14.4 Å². The Morgan fingerprint density at radius 3 is 2.73 bits per heavy atom. The third-order valence-electron chi connectivity index (χ3n) is 6.87. The molecule has 37 heavy (non-hydrogen) atoms. The highest BCUT2D eigenvalue weighted by Crippen LogP contribution is 2.34. The number of thioether (sulfide) groups is 1. The van der Waals surface area contributed by atoms with Crippen LogP contribution in [0.15, 0.2) is 69.5 Å². The van der Waals surface area contributed by atoms with Crippen molar-refractivity contribution < 1.29 is 9.59 Å². The van der Waals surface area contributed by atoms with Gasteiger partial charge in [-0.2, -0.15) is 0 Å². The largest absolute Gasteiger partial charge is 0.353 e. The number of benzene rings is 1. The standard InChI is InChI=1S/C27H26N6O3S/c34-23(29-17-8-2-1-3-9-17)15-21-26(36)33-25(30-21)19-10-4-5-11-20(19)31-27(33)37-16-18-14-24(35)32-13-7-6-12-22(32)28-18/h4-7,10-14,17,21H,1-3,8-9,15-16H2,(H,29,34)/t21-/m0/s1. The minimum absolute atomic E-state index is 0.0123. The Hall–Kier alpha value is -3.79. The van der Waals surface area contributed by atoms with E-state index in [2.05, 4.69) is 10.3 Å². The molecule has 0 spiro atoms. The third-order valence-corrected chi connectivity index (χ3v) is 7.84. The number of amides is 2. The zero-order valence-electron chi connectivity index (χ0n) is 20.2. The van der Waals surface area contributed by atoms with E-state index in [0.29, 0.717) is 33.8 Å². The van der Waals surface area contributed by atoms with Crippen LogP contribution in [0, 0.1) is 0 Å². The Kier molecular flexibility index (Phi) is 6.33. The van der Waals surface area contributed by atoms with E-state index in [1.54, 1.807) is 18.3 Å². The molecule has 0 bridgehead atoms. The highest BCUT2D eigenvalue weighted by molar-refractivity contribution is 8.13. The van der Waals surface area contributed by atoms with Crippen LogP contribution in [0.25, 0.3) is 5.65 Å². The maximum absolute atomic E-state index is 13.5. The number of aliphatic imine (C=N–C) groups is 2. The first-order chi connectivity index (χ1) is 18.1. The van der Waals surface area contributed by atoms with Gasteiger partial charge < -0.3 is 5.32 Å². The van der Waals surface area contributed by atoms with Gasteiger partial charge in [0.25, 0.3) is 11.5 Å². The summed E-state index contributed by atoms with van der Waals surface area (Å²) in [5, 5.41) is 3.56. The van der Waals surface area contributed by atoms with Crippen molar-refractivity contribution in [1.82, 2.24) is 19.6 Å². The number of rotatable bonds is 5. The van der Waals surface area contributed by atoms with Crippen LogP contribution in [-0.2, 0) is 15.3 Å². The van der Waals surface area contributed by atoms with E-state index in [4.69, 9.17) is 9.98 Å². The van der Waals surface area contributed by atoms with Gasteiger partial charge in [0.05, 0.1) is 17.8 Å². The van der Waals surface area contributed by atoms with Gasteiger partial charge in [0.2, 0.25) is 5.91 Å². The predicted molar refractivity (Wildman–Crippen MR) is 143 cm³/mol. The molecule has 4 heterocycles. The highest BCUT2D eigenvalue weighted by Gasteiger charge is 2.42. The summed E-state index contributed by atoms with van der Waals surface area (Å²) in [6.07, 6.45) is 7.11. The second-order valence-corrected chi connectivity index (χ2v) is 10.4. The van der Waals surface area contributed by atoms with Gasteiger partial charge in [0, 0.05) is 29.6 Å². The fourth-order valence-electron chi connectivity index (χ4n) is 5.06. The first-order valence-electron chi connectivity index (χ1n) is 12.6. The summed E-state index contributed by atoms with van der Waals surface area (Å²) in [6.45, 7) is 0. The molecule has 1 N–H and O–H groups in total. The van der Waals surface area contributed by atoms with Gasteiger partial charge in [-0.05, 0) is 37.1 Å². The molecule has 1 fully saturated rings. The molecular weight excluding hydrogens is 488 g/mol. The van der Waals surface area contributed by atoms with Crippen LogP contribution < -0.4 is 10.9 Å². The number of nitrogens with zero attached hydrogens (tertiary/aromatic N) is 5. The van der Waals surface area contributed by atoms with E-state index in [1.165, 1.54) is 33.5 Å². The molecule has 2 aliphatic heterocycles. The Bertz CT molecular complexity index is 1510. The van der Waals surface area contributed by atoms with Crippen molar-refractivity contribution in [2.45, 2.75) is 56.4 Å². The number of carbonyl (C=O) groups is 2. The first kappa shape index (κ1) is 23.6. The number of amidine groups is 2. The predicted octanol–water partition coefficient (Wildman–Crippen LogP) is 3.43. The van der Waals surface area contributed by atoms with Crippen LogP contribution >= 0.6 is 11.8 Å². The molecule has 1 atom stereocenters. The van der Waals surface area contributed by atoms with E-state index in [0.717, 1.165) is 31.2 Å². The second kappa shape index (κ2) is 9.93. The lowest BCUT2D eigenvalue weighted by atomic mass is 9.95. The zero-order valence-corrected chi connectivity index (χ0v) is 21.0. The number of aromatic nitrogens is 2. The van der Waals surface area contributed by atoms with Crippen molar-refractivity contribution >= 4 is 45.9 Å². The highest BCUT2D eigenvalue weighted by atomic mass is 32.2. The third kappa shape index (κ3) is 4.69. The lowest BCUT2D eigenvalue weighted by molar-refractivity contribution is -0.129. The molecule has 0 unspecified atom stereocenters. The van der Waals surface area contributed by atoms with Gasteiger partial charge in [-0.25, -0.2) is 14.9 Å². The molecule has 2 aromatic heterocycles. The quantitative estimate of drug-likeness (QED) is 0.561. The SMILES string of the molecule is O=C(C[C@@H]1N=C2c3ccccc3N=C(SCc3cc(=O)n4ccccc4n3)N2C1=O)NC1CCCCC1. The monoisotopic (exact) mass is 514 g/mol. The van der Waals surface area contributed by atoms with E-state index >= 15 is 0 Å². The van der Waals surface area contributed by atoms with Crippen LogP contribution in [0.4, 0.5) is 5.69 Å². The van der Waals surface area contributed by atoms with Crippen LogP contribution in [-0.4, -0.2) is 49.2 Å². The minimum atomic E-state index is -0.793. The van der Waals surface area contributed by atoms with Gasteiger partial charge in [-0.3, -0.25) is 23.8 Å². The number of para-hydroxylation sites is 1. The van der Waals surface area contributed by atoms with Crippen LogP contribution in [0.3, 0.4) is 0 Å². The van der Waals surface area contributed by atoms with Crippen molar-refractivity contribution in [3.8, 4) is 0 Å². The Morgan fingerprint density at radius 1 is 1.05 bits per heavy atom. The van der Waals surface area contributed by atoms with Crippen molar-refractivity contribution in [2.75, 3.05) is 0 Å². The Balaban J connectivity index is 1.23. The summed E-state index contributed by atoms with van der Waals surface area (Å²) in [5.41, 5.74) is 2.46. The first-order valence-corrected chi connectivity index (χ1v) is 13.5. The topological polar surface area (TPSA) is 108 Å². The Morgan fingerprint density at radius 2 is 1.86 bits per heavy atom. The van der Waals surface area contributed by atoms with Gasteiger partial charge >= 0.3 is 0 Å². The van der Waals surface area contributed by atoms with Crippen molar-refractivity contribution in [3.05, 3.63) is 76.3 Å². The fraction of sp³-hybridized carbons (Fsp3) is 0.333. The molecule has 1 aliphatic carbocycles. The van der Waals surface area contributed by atoms with Crippen molar-refractivity contribution in [2.24, 2.45) is 9.98 Å². The zero-order chi connectivity index (χ0) is 25.4. The molecule has 1 aromatic carbocycles. The van der Waals surface area contributed by atoms with E-state index in [-0.39, 0.29) is 29.8 Å². The number of hydrogen-bond donors (Lipinski definition) is 1. The van der Waals surface area contributed by atoms with Gasteiger partial charge in [0.15, 0.2) is 5.17 Å². The van der Waals surface area contributed by atoms with Gasteiger partial charge in [0.1, 0.15) is 17.5 Å². The molecule has 0 radical (unpaired) electrons. The summed E-state index contributed by atoms with van der Waals surface area (Å²) >= 11 is 1.32. The fourth-order valence-corrected chi connectivity index (χ4v) is 5.95. The molecule has 3 aliphatic rings. The molecule has 6 rings (SSSR count). The average molecular weight is 515 g/mol. The number of nitrogens with one attached hydrogen (secondary N) is 1. The summed E-state index contributed by atoms with van der Waals surface area (Å²) in [7, 11) is 0. The van der Waals surface area contributed by atoms with Crippen LogP contribution in [0.5, 0.6) is 0 Å². The molecule has 1 saturated carbocycles. The van der Waals surface area contributed by atoms with Crippen molar-refractivity contribution in [1.29, 1.82) is 0 Å². The number of fused-ring (bicyclic) bond motifs is 4. The molecular formula is C27H26N6O3S. The Labute approximate surface area is 217 Å². The summed E-state index contributed by atoms with van der Waals surface area (Å²) in [6, 6.07) is 13.8. The lowest BCUT2D eigenvalue weighted by Gasteiger charge is -2.25. The summed E-state index contributed by atoms with van der Waals surface area (Å²) in [4.78, 5) is 54.3. The second-order valence-electron chi connectivity index (χ2n) is 9.46. The smallest absolute Gasteiger partial charge is 0.259 e. The number of carbonyl (C=O) groups excluding carboxylic acids is 2. The molecule has 2 amide bonds. The molecule has 10 heteroatoms. The van der Waals surface area contributed by atoms with Crippen molar-refractivity contribution in [3.63, 3.8) is 0 Å². The maximum Gasteiger partial charge on any atom is 0.259 e. The minimum Gasteiger partial charge on any atom is -0.353 e. The molecule has 188 valence electrons. The van der Waals surface area contributed by atoms with Gasteiger partial charge in [-0.1, -0.05) is 49.2 Å². The van der Waals surface area contributed by atoms with Gasteiger partial charge in [-0.15, -0.1) is 0 Å². The molecule has 9 nitrogen and oxygen atoms in total. The lowest BCUT2D eigenvalue weighted by Crippen LogP contribution is -2.43. The van der Waals surface area contributed by atoms with Crippen LogP contribution in [0.1, 0.15) is 49.8 Å². The van der Waals surface area contributed by atoms with Crippen LogP contribution in [0.2, 0.25) is 0 Å². The normalized spacial score (nSPS) is 19.3. The molecule has 3 aromatic rings. The van der Waals surface area contributed by atoms with E-state index < -0.39 is 6.04 Å². The maximum atomic E-state index is 13.5. The number of pyridine rings is 1. The average Bonchev–Trinajstić information content (AvgIpc) is 3.24. The summed E-state index contributed by atoms with van der Waals surface area (Å²) < 4.78 is 1.49. The number of hydrogen-bond acceptors (Lipinski definition) is 7.